The van der Waals surface area contributed by atoms with Gasteiger partial charge in [0.2, 0.25) is 0 Å². The minimum absolute atomic E-state index is 0.524. The monoisotopic (exact) mass is 389 g/mol. The Balaban J connectivity index is 1.43. The maximum atomic E-state index is 6.12. The van der Waals surface area contributed by atoms with Crippen molar-refractivity contribution in [1.82, 2.24) is 10.2 Å². The van der Waals surface area contributed by atoms with E-state index in [0.29, 0.717) is 12.5 Å². The van der Waals surface area contributed by atoms with Crippen LogP contribution in [-0.4, -0.2) is 30.4 Å². The highest BCUT2D eigenvalue weighted by molar-refractivity contribution is 5.80. The van der Waals surface area contributed by atoms with Crippen molar-refractivity contribution >= 4 is 5.69 Å². The number of aryl methyl sites for hydroxylation is 2. The lowest BCUT2D eigenvalue weighted by atomic mass is 9.86. The van der Waals surface area contributed by atoms with E-state index in [2.05, 4.69) is 53.2 Å². The molecule has 0 radical (unpaired) electrons. The first-order valence-electron chi connectivity index (χ1n) is 10.3. The second-order valence-electron chi connectivity index (χ2n) is 8.18. The zero-order valence-electron chi connectivity index (χ0n) is 17.3. The molecule has 0 aliphatic carbocycles. The molecule has 1 saturated heterocycles. The Morgan fingerprint density at radius 2 is 1.90 bits per heavy atom. The minimum atomic E-state index is 0.524. The SMILES string of the molecule is COc1cc(-c2n[nH]c3c2N2CCC3CC2)ccc1OCc1cc(C)ccc1C. The van der Waals surface area contributed by atoms with Crippen molar-refractivity contribution in [3.8, 4) is 22.8 Å². The first-order chi connectivity index (χ1) is 14.1. The van der Waals surface area contributed by atoms with Gasteiger partial charge in [0.25, 0.3) is 0 Å². The largest absolute Gasteiger partial charge is 0.493 e. The molecular formula is C24H27N3O2. The summed E-state index contributed by atoms with van der Waals surface area (Å²) in [6.45, 7) is 6.99. The van der Waals surface area contributed by atoms with Crippen LogP contribution < -0.4 is 14.4 Å². The van der Waals surface area contributed by atoms with Gasteiger partial charge in [-0.3, -0.25) is 5.10 Å². The number of benzene rings is 2. The highest BCUT2D eigenvalue weighted by Crippen LogP contribution is 2.46. The van der Waals surface area contributed by atoms with Gasteiger partial charge in [-0.05, 0) is 56.0 Å². The summed E-state index contributed by atoms with van der Waals surface area (Å²) in [5.74, 6) is 2.11. The van der Waals surface area contributed by atoms with Crippen LogP contribution in [0.3, 0.4) is 0 Å². The molecule has 0 unspecified atom stereocenters. The Kier molecular flexibility index (Phi) is 4.46. The van der Waals surface area contributed by atoms with E-state index in [0.717, 1.165) is 35.8 Å². The van der Waals surface area contributed by atoms with Gasteiger partial charge in [0.1, 0.15) is 12.3 Å². The number of rotatable bonds is 5. The van der Waals surface area contributed by atoms with Crippen molar-refractivity contribution in [1.29, 1.82) is 0 Å². The van der Waals surface area contributed by atoms with Crippen LogP contribution in [0.1, 0.15) is 41.1 Å². The number of anilines is 1. The summed E-state index contributed by atoms with van der Waals surface area (Å²) in [7, 11) is 1.69. The maximum Gasteiger partial charge on any atom is 0.161 e. The molecule has 1 aromatic heterocycles. The number of piperidine rings is 1. The fourth-order valence-corrected chi connectivity index (χ4v) is 4.59. The normalized spacial score (nSPS) is 15.5. The minimum Gasteiger partial charge on any atom is -0.493 e. The van der Waals surface area contributed by atoms with Crippen LogP contribution in [0.2, 0.25) is 0 Å². The zero-order valence-corrected chi connectivity index (χ0v) is 17.3. The van der Waals surface area contributed by atoms with Gasteiger partial charge in [0.15, 0.2) is 11.5 Å². The maximum absolute atomic E-state index is 6.12. The third kappa shape index (κ3) is 3.15. The number of fused-ring (bicyclic) bond motifs is 2. The number of aromatic amines is 1. The Bertz CT molecular complexity index is 1050. The van der Waals surface area contributed by atoms with Gasteiger partial charge in [-0.1, -0.05) is 23.8 Å². The Labute approximate surface area is 171 Å². The van der Waals surface area contributed by atoms with Gasteiger partial charge in [-0.15, -0.1) is 0 Å². The summed E-state index contributed by atoms with van der Waals surface area (Å²) in [6, 6.07) is 12.6. The molecule has 6 rings (SSSR count). The lowest BCUT2D eigenvalue weighted by Gasteiger charge is -2.40. The molecule has 5 heteroatoms. The van der Waals surface area contributed by atoms with Crippen molar-refractivity contribution in [2.75, 3.05) is 25.1 Å². The van der Waals surface area contributed by atoms with E-state index in [9.17, 15) is 0 Å². The molecule has 0 spiro atoms. The molecule has 0 amide bonds. The molecule has 0 saturated carbocycles. The number of ether oxygens (including phenoxy) is 2. The average molecular weight is 389 g/mol. The smallest absolute Gasteiger partial charge is 0.161 e. The molecule has 0 atom stereocenters. The van der Waals surface area contributed by atoms with Gasteiger partial charge in [0.05, 0.1) is 18.5 Å². The predicted octanol–water partition coefficient (Wildman–Crippen LogP) is 4.98. The fraction of sp³-hybridized carbons (Fsp3) is 0.375. The van der Waals surface area contributed by atoms with E-state index in [1.54, 1.807) is 7.11 Å². The van der Waals surface area contributed by atoms with Crippen LogP contribution in [0.25, 0.3) is 11.3 Å². The summed E-state index contributed by atoms with van der Waals surface area (Å²) >= 11 is 0. The van der Waals surface area contributed by atoms with E-state index < -0.39 is 0 Å². The summed E-state index contributed by atoms with van der Waals surface area (Å²) in [5, 5.41) is 7.97. The van der Waals surface area contributed by atoms with Crippen molar-refractivity contribution < 1.29 is 9.47 Å². The standard InChI is InChI=1S/C24H27N3O2/c1-15-4-5-16(2)19(12-15)14-29-20-7-6-18(13-21(20)28-3)23-24-22(25-26-23)17-8-10-27(24)11-9-17/h4-7,12-13,17H,8-11,14H2,1-3H3,(H,25,26). The molecule has 3 aliphatic rings. The van der Waals surface area contributed by atoms with Gasteiger partial charge >= 0.3 is 0 Å². The van der Waals surface area contributed by atoms with Crippen molar-refractivity contribution in [3.05, 3.63) is 58.8 Å². The highest BCUT2D eigenvalue weighted by Gasteiger charge is 2.35. The molecule has 2 aromatic carbocycles. The van der Waals surface area contributed by atoms with E-state index in [1.807, 2.05) is 12.1 Å². The number of aromatic nitrogens is 2. The quantitative estimate of drug-likeness (QED) is 0.669. The molecule has 3 aliphatic heterocycles. The molecule has 3 aromatic rings. The number of hydrogen-bond donors (Lipinski definition) is 1. The molecule has 1 N–H and O–H groups in total. The molecule has 1 fully saturated rings. The summed E-state index contributed by atoms with van der Waals surface area (Å²) < 4.78 is 11.8. The van der Waals surface area contributed by atoms with Crippen molar-refractivity contribution in [2.24, 2.45) is 0 Å². The van der Waals surface area contributed by atoms with E-state index in [1.165, 1.54) is 40.9 Å². The molecular weight excluding hydrogens is 362 g/mol. The average Bonchev–Trinajstić information content (AvgIpc) is 3.23. The topological polar surface area (TPSA) is 50.4 Å². The van der Waals surface area contributed by atoms with Crippen LogP contribution in [0.5, 0.6) is 11.5 Å². The van der Waals surface area contributed by atoms with Crippen LogP contribution in [0, 0.1) is 13.8 Å². The second-order valence-corrected chi connectivity index (χ2v) is 8.18. The van der Waals surface area contributed by atoms with Crippen LogP contribution in [0.15, 0.2) is 36.4 Å². The van der Waals surface area contributed by atoms with Crippen molar-refractivity contribution in [2.45, 2.75) is 39.2 Å². The second kappa shape index (κ2) is 7.14. The summed E-state index contributed by atoms with van der Waals surface area (Å²) in [6.07, 6.45) is 2.45. The van der Waals surface area contributed by atoms with E-state index in [4.69, 9.17) is 9.47 Å². The van der Waals surface area contributed by atoms with E-state index >= 15 is 0 Å². The number of hydrogen-bond acceptors (Lipinski definition) is 4. The molecule has 2 bridgehead atoms. The number of H-pyrrole nitrogens is 1. The van der Waals surface area contributed by atoms with Gasteiger partial charge in [-0.2, -0.15) is 5.10 Å². The zero-order chi connectivity index (χ0) is 20.0. The van der Waals surface area contributed by atoms with Gasteiger partial charge in [0, 0.05) is 24.6 Å². The van der Waals surface area contributed by atoms with Gasteiger partial charge < -0.3 is 14.4 Å². The highest BCUT2D eigenvalue weighted by atomic mass is 16.5. The molecule has 150 valence electrons. The van der Waals surface area contributed by atoms with Gasteiger partial charge in [-0.25, -0.2) is 0 Å². The summed E-state index contributed by atoms with van der Waals surface area (Å²) in [5.41, 5.74) is 8.32. The van der Waals surface area contributed by atoms with Crippen LogP contribution in [-0.2, 0) is 6.61 Å². The van der Waals surface area contributed by atoms with Crippen molar-refractivity contribution in [3.63, 3.8) is 0 Å². The third-order valence-electron chi connectivity index (χ3n) is 6.31. The number of methoxy groups -OCH3 is 1. The number of nitrogens with zero attached hydrogens (tertiary/aromatic N) is 2. The third-order valence-corrected chi connectivity index (χ3v) is 6.31. The Morgan fingerprint density at radius 3 is 2.69 bits per heavy atom. The molecule has 4 heterocycles. The Morgan fingerprint density at radius 1 is 1.07 bits per heavy atom. The fourth-order valence-electron chi connectivity index (χ4n) is 4.59. The molecule has 5 nitrogen and oxygen atoms in total. The van der Waals surface area contributed by atoms with Crippen LogP contribution >= 0.6 is 0 Å². The predicted molar refractivity (Wildman–Crippen MR) is 115 cm³/mol. The number of nitrogens with one attached hydrogen (secondary N) is 1. The van der Waals surface area contributed by atoms with E-state index in [-0.39, 0.29) is 0 Å². The summed E-state index contributed by atoms with van der Waals surface area (Å²) in [4.78, 5) is 2.46. The lowest BCUT2D eigenvalue weighted by molar-refractivity contribution is 0.284. The molecule has 29 heavy (non-hydrogen) atoms. The first kappa shape index (κ1) is 18.1. The van der Waals surface area contributed by atoms with Crippen LogP contribution in [0.4, 0.5) is 5.69 Å². The first-order valence-corrected chi connectivity index (χ1v) is 10.3. The lowest BCUT2D eigenvalue weighted by Crippen LogP contribution is -2.38. The Hall–Kier alpha value is -2.95.